The molecule has 660 valence electrons. The number of rotatable bonds is 91. The molecule has 0 aromatic heterocycles. The summed E-state index contributed by atoms with van der Waals surface area (Å²) in [4.78, 5) is 73.4. The number of hydrogen-bond acceptors (Lipinski definition) is 15. The number of phosphoric acid groups is 2. The fraction of sp³-hybridized carbons (Fsp3) is 0.957. The lowest BCUT2D eigenvalue weighted by Crippen LogP contribution is -2.30. The van der Waals surface area contributed by atoms with Gasteiger partial charge < -0.3 is 33.8 Å². The van der Waals surface area contributed by atoms with Gasteiger partial charge in [0.05, 0.1) is 26.4 Å². The maximum Gasteiger partial charge on any atom is 0.472 e. The number of hydrogen-bond donors (Lipinski definition) is 3. The van der Waals surface area contributed by atoms with Crippen molar-refractivity contribution >= 4 is 39.5 Å². The zero-order chi connectivity index (χ0) is 81.3. The monoisotopic (exact) mass is 1620 g/mol. The van der Waals surface area contributed by atoms with Crippen LogP contribution >= 0.6 is 15.6 Å². The SMILES string of the molecule is CCCCCCCCCCCCCCCCCCCCCCC(=O)OC[C@H](COP(=O)(O)OC[C@@H](O)COP(=O)(O)OC[C@@H](COC(=O)CCCCCCCCC(C)C)OC(=O)CCCCCCCCCCCCCCCCCCCCCC)OC(=O)CCCCCCCCCCCCCCCCCCCCC(C)CC. The van der Waals surface area contributed by atoms with Crippen molar-refractivity contribution < 1.29 is 80.2 Å². The Hall–Kier alpha value is -1.94. The summed E-state index contributed by atoms with van der Waals surface area (Å²) in [5.74, 6) is -0.548. The van der Waals surface area contributed by atoms with E-state index in [4.69, 9.17) is 37.0 Å². The molecule has 0 aliphatic rings. The second-order valence-electron chi connectivity index (χ2n) is 33.8. The van der Waals surface area contributed by atoms with Crippen LogP contribution in [0.4, 0.5) is 0 Å². The van der Waals surface area contributed by atoms with E-state index in [1.54, 1.807) is 0 Å². The van der Waals surface area contributed by atoms with Crippen LogP contribution in [0.3, 0.4) is 0 Å². The molecule has 0 aromatic carbocycles. The minimum Gasteiger partial charge on any atom is -0.462 e. The van der Waals surface area contributed by atoms with Gasteiger partial charge in [0, 0.05) is 25.7 Å². The van der Waals surface area contributed by atoms with E-state index >= 15 is 0 Å². The zero-order valence-corrected chi connectivity index (χ0v) is 75.1. The lowest BCUT2D eigenvalue weighted by Gasteiger charge is -2.21. The molecule has 0 aromatic rings. The fourth-order valence-electron chi connectivity index (χ4n) is 14.4. The molecular formula is C92H180O17P2. The third-order valence-corrected chi connectivity index (χ3v) is 24.0. The summed E-state index contributed by atoms with van der Waals surface area (Å²) in [5.41, 5.74) is 0. The van der Waals surface area contributed by atoms with Crippen LogP contribution in [0.15, 0.2) is 0 Å². The fourth-order valence-corrected chi connectivity index (χ4v) is 16.0. The van der Waals surface area contributed by atoms with E-state index in [0.717, 1.165) is 102 Å². The molecule has 6 atom stereocenters. The minimum absolute atomic E-state index is 0.108. The maximum absolute atomic E-state index is 13.2. The molecule has 0 rings (SSSR count). The van der Waals surface area contributed by atoms with Crippen molar-refractivity contribution in [2.45, 2.75) is 516 Å². The van der Waals surface area contributed by atoms with Crippen LogP contribution in [0.2, 0.25) is 0 Å². The van der Waals surface area contributed by atoms with Gasteiger partial charge in [0.25, 0.3) is 0 Å². The van der Waals surface area contributed by atoms with Crippen molar-refractivity contribution in [2.75, 3.05) is 39.6 Å². The first-order chi connectivity index (χ1) is 53.9. The summed E-state index contributed by atoms with van der Waals surface area (Å²) in [6.07, 6.45) is 78.2. The van der Waals surface area contributed by atoms with Crippen LogP contribution in [0.25, 0.3) is 0 Å². The third kappa shape index (κ3) is 84.3. The van der Waals surface area contributed by atoms with E-state index < -0.39 is 97.5 Å². The van der Waals surface area contributed by atoms with E-state index in [2.05, 4.69) is 41.5 Å². The summed E-state index contributed by atoms with van der Waals surface area (Å²) in [6, 6.07) is 0. The average Bonchev–Trinajstić information content (AvgIpc) is 0.899. The molecule has 0 radical (unpaired) electrons. The Bertz CT molecular complexity index is 2120. The molecule has 0 spiro atoms. The number of aliphatic hydroxyl groups is 1. The van der Waals surface area contributed by atoms with Crippen LogP contribution < -0.4 is 0 Å². The average molecular weight is 1620 g/mol. The van der Waals surface area contributed by atoms with Gasteiger partial charge in [0.15, 0.2) is 12.2 Å². The van der Waals surface area contributed by atoms with Crippen molar-refractivity contribution in [3.8, 4) is 0 Å². The molecule has 0 saturated heterocycles. The summed E-state index contributed by atoms with van der Waals surface area (Å²) >= 11 is 0. The van der Waals surface area contributed by atoms with E-state index in [9.17, 15) is 43.2 Å². The number of carbonyl (C=O) groups excluding carboxylic acids is 4. The highest BCUT2D eigenvalue weighted by molar-refractivity contribution is 7.47. The first kappa shape index (κ1) is 109. The minimum atomic E-state index is -4.97. The highest BCUT2D eigenvalue weighted by Crippen LogP contribution is 2.45. The van der Waals surface area contributed by atoms with Gasteiger partial charge in [-0.15, -0.1) is 0 Å². The normalized spacial score (nSPS) is 14.0. The van der Waals surface area contributed by atoms with Gasteiger partial charge in [0.1, 0.15) is 19.3 Å². The Labute approximate surface area is 683 Å². The van der Waals surface area contributed by atoms with Crippen LogP contribution in [0, 0.1) is 11.8 Å². The van der Waals surface area contributed by atoms with Crippen molar-refractivity contribution in [1.82, 2.24) is 0 Å². The Kier molecular flexibility index (Phi) is 81.7. The number of aliphatic hydroxyl groups excluding tert-OH is 1. The number of ether oxygens (including phenoxy) is 4. The van der Waals surface area contributed by atoms with Crippen LogP contribution in [0.5, 0.6) is 0 Å². The molecule has 0 amide bonds. The zero-order valence-electron chi connectivity index (χ0n) is 73.3. The first-order valence-electron chi connectivity index (χ1n) is 47.5. The van der Waals surface area contributed by atoms with Crippen molar-refractivity contribution in [2.24, 2.45) is 11.8 Å². The van der Waals surface area contributed by atoms with E-state index in [1.165, 1.54) is 308 Å². The molecule has 3 unspecified atom stereocenters. The van der Waals surface area contributed by atoms with Crippen LogP contribution in [-0.2, 0) is 65.4 Å². The highest BCUT2D eigenvalue weighted by Gasteiger charge is 2.31. The molecule has 0 bridgehead atoms. The molecule has 0 fully saturated rings. The van der Waals surface area contributed by atoms with Gasteiger partial charge in [-0.05, 0) is 37.5 Å². The van der Waals surface area contributed by atoms with Crippen molar-refractivity contribution in [1.29, 1.82) is 0 Å². The lowest BCUT2D eigenvalue weighted by molar-refractivity contribution is -0.161. The summed E-state index contributed by atoms with van der Waals surface area (Å²) in [6.45, 7) is 9.69. The van der Waals surface area contributed by atoms with Gasteiger partial charge in [0.2, 0.25) is 0 Å². The summed E-state index contributed by atoms with van der Waals surface area (Å²) in [5, 5.41) is 10.7. The van der Waals surface area contributed by atoms with Gasteiger partial charge >= 0.3 is 39.5 Å². The van der Waals surface area contributed by atoms with E-state index in [-0.39, 0.29) is 25.7 Å². The molecule has 0 saturated carbocycles. The van der Waals surface area contributed by atoms with Crippen LogP contribution in [0.1, 0.15) is 497 Å². The molecule has 0 aliphatic heterocycles. The second kappa shape index (κ2) is 83.1. The molecular weight excluding hydrogens is 1440 g/mol. The molecule has 111 heavy (non-hydrogen) atoms. The topological polar surface area (TPSA) is 237 Å². The maximum atomic E-state index is 13.2. The predicted octanol–water partition coefficient (Wildman–Crippen LogP) is 28.6. The van der Waals surface area contributed by atoms with E-state index in [1.807, 2.05) is 0 Å². The smallest absolute Gasteiger partial charge is 0.462 e. The second-order valence-corrected chi connectivity index (χ2v) is 36.7. The third-order valence-electron chi connectivity index (χ3n) is 22.1. The Morgan fingerprint density at radius 3 is 0.685 bits per heavy atom. The van der Waals surface area contributed by atoms with Crippen molar-refractivity contribution in [3.63, 3.8) is 0 Å². The Morgan fingerprint density at radius 2 is 0.459 bits per heavy atom. The number of carbonyl (C=O) groups is 4. The quantitative estimate of drug-likeness (QED) is 0.0222. The number of unbranched alkanes of at least 4 members (excludes halogenated alkanes) is 60. The molecule has 0 aliphatic carbocycles. The number of phosphoric ester groups is 2. The molecule has 3 N–H and O–H groups in total. The van der Waals surface area contributed by atoms with Crippen molar-refractivity contribution in [3.05, 3.63) is 0 Å². The van der Waals surface area contributed by atoms with E-state index in [0.29, 0.717) is 31.6 Å². The Morgan fingerprint density at radius 1 is 0.261 bits per heavy atom. The molecule has 0 heterocycles. The standard InChI is InChI=1S/C92H180O17P2/c1-7-10-12-14-16-18-20-22-24-26-28-30-35-39-43-47-51-55-62-68-74-89(94)102-80-87(108-91(96)76-70-64-57-53-49-45-41-37-33-32-34-38-42-46-50-54-61-67-73-85(6)9-3)82-106-110(98,99)104-78-86(93)79-105-111(100,101)107-83-88(81-103-90(95)75-69-63-59-58-60-66-72-84(4)5)109-92(97)77-71-65-56-52-48-44-40-36-31-29-27-25-23-21-19-17-15-13-11-8-2/h84-88,93H,7-83H2,1-6H3,(H,98,99)(H,100,101)/t85?,86-,87-,88-/m1/s1. The summed E-state index contributed by atoms with van der Waals surface area (Å²) < 4.78 is 69.0. The van der Waals surface area contributed by atoms with Gasteiger partial charge in [-0.25, -0.2) is 9.13 Å². The van der Waals surface area contributed by atoms with Gasteiger partial charge in [-0.3, -0.25) is 37.3 Å². The molecule has 17 nitrogen and oxygen atoms in total. The lowest BCUT2D eigenvalue weighted by atomic mass is 9.99. The Balaban J connectivity index is 5.19. The van der Waals surface area contributed by atoms with Gasteiger partial charge in [-0.1, -0.05) is 446 Å². The predicted molar refractivity (Wildman–Crippen MR) is 460 cm³/mol. The molecule has 19 heteroatoms. The number of esters is 4. The first-order valence-corrected chi connectivity index (χ1v) is 50.5. The summed E-state index contributed by atoms with van der Waals surface area (Å²) in [7, 11) is -9.93. The van der Waals surface area contributed by atoms with Crippen LogP contribution in [-0.4, -0.2) is 96.7 Å². The van der Waals surface area contributed by atoms with Gasteiger partial charge in [-0.2, -0.15) is 0 Å². The highest BCUT2D eigenvalue weighted by atomic mass is 31.2. The largest absolute Gasteiger partial charge is 0.472 e.